The molecule has 0 saturated carbocycles. The van der Waals surface area contributed by atoms with Gasteiger partial charge in [0.15, 0.2) is 23.1 Å². The van der Waals surface area contributed by atoms with Gasteiger partial charge in [0, 0.05) is 30.8 Å². The molecule has 2 atom stereocenters. The minimum absolute atomic E-state index is 0.0225. The minimum Gasteiger partial charge on any atom is -0.449 e. The predicted molar refractivity (Wildman–Crippen MR) is 125 cm³/mol. The SMILES string of the molecule is Nc1ncnc2c(Oc3cc(-c4cc(F)c(F)cc4F)ncc3N3CCC[C@](N)([C@H](O)C(F)F)C3)cnn12. The molecule has 0 radical (unpaired) electrons. The number of benzene rings is 1. The average Bonchev–Trinajstić information content (AvgIpc) is 3.29. The average molecular weight is 536 g/mol. The molecule has 1 aliphatic rings. The van der Waals surface area contributed by atoms with Crippen LogP contribution >= 0.6 is 0 Å². The quantitative estimate of drug-likeness (QED) is 0.251. The van der Waals surface area contributed by atoms with E-state index in [1.807, 2.05) is 0 Å². The van der Waals surface area contributed by atoms with Gasteiger partial charge in [-0.05, 0) is 18.9 Å². The van der Waals surface area contributed by atoms with Gasteiger partial charge in [0.1, 0.15) is 18.2 Å². The van der Waals surface area contributed by atoms with Gasteiger partial charge in [-0.3, -0.25) is 4.98 Å². The molecule has 0 spiro atoms. The van der Waals surface area contributed by atoms with Crippen LogP contribution in [0.2, 0.25) is 0 Å². The lowest BCUT2D eigenvalue weighted by atomic mass is 9.84. The van der Waals surface area contributed by atoms with E-state index in [4.69, 9.17) is 16.2 Å². The lowest BCUT2D eigenvalue weighted by Gasteiger charge is -2.43. The van der Waals surface area contributed by atoms with E-state index in [1.165, 1.54) is 29.3 Å². The number of nitrogen functional groups attached to an aromatic ring is 1. The van der Waals surface area contributed by atoms with Crippen LogP contribution in [0.25, 0.3) is 16.9 Å². The van der Waals surface area contributed by atoms with Gasteiger partial charge in [-0.2, -0.15) is 9.61 Å². The van der Waals surface area contributed by atoms with Crippen LogP contribution < -0.4 is 21.1 Å². The molecule has 38 heavy (non-hydrogen) atoms. The van der Waals surface area contributed by atoms with Crippen molar-refractivity contribution in [3.8, 4) is 22.8 Å². The van der Waals surface area contributed by atoms with Crippen molar-refractivity contribution in [2.24, 2.45) is 5.73 Å². The molecule has 1 fully saturated rings. The van der Waals surface area contributed by atoms with Crippen molar-refractivity contribution in [1.29, 1.82) is 0 Å². The molecule has 5 N–H and O–H groups in total. The van der Waals surface area contributed by atoms with Crippen molar-refractivity contribution in [1.82, 2.24) is 24.6 Å². The van der Waals surface area contributed by atoms with Gasteiger partial charge < -0.3 is 26.2 Å². The van der Waals surface area contributed by atoms with Crippen LogP contribution in [-0.4, -0.2) is 60.8 Å². The summed E-state index contributed by atoms with van der Waals surface area (Å²) >= 11 is 0. The third-order valence-electron chi connectivity index (χ3n) is 6.37. The molecule has 1 aromatic carbocycles. The molecule has 5 rings (SSSR count). The number of aliphatic hydroxyl groups is 1. The van der Waals surface area contributed by atoms with E-state index in [1.54, 1.807) is 4.90 Å². The van der Waals surface area contributed by atoms with Gasteiger partial charge in [0.05, 0.1) is 29.3 Å². The van der Waals surface area contributed by atoms with E-state index in [0.717, 1.165) is 0 Å². The number of rotatable bonds is 6. The van der Waals surface area contributed by atoms with Gasteiger partial charge in [-0.25, -0.2) is 31.9 Å². The highest BCUT2D eigenvalue weighted by Gasteiger charge is 2.43. The van der Waals surface area contributed by atoms with Crippen LogP contribution in [0, 0.1) is 17.5 Å². The van der Waals surface area contributed by atoms with Crippen molar-refractivity contribution in [3.63, 3.8) is 0 Å². The molecule has 4 heterocycles. The Labute approximate surface area is 211 Å². The maximum absolute atomic E-state index is 14.5. The van der Waals surface area contributed by atoms with Crippen LogP contribution in [0.5, 0.6) is 11.5 Å². The minimum atomic E-state index is -3.06. The molecular weight excluding hydrogens is 515 g/mol. The van der Waals surface area contributed by atoms with E-state index in [-0.39, 0.29) is 53.0 Å². The number of fused-ring (bicyclic) bond motifs is 1. The fraction of sp³-hybridized carbons (Fsp3) is 0.304. The number of nitrogens with zero attached hydrogens (tertiary/aromatic N) is 6. The van der Waals surface area contributed by atoms with E-state index in [9.17, 15) is 27.1 Å². The smallest absolute Gasteiger partial charge is 0.265 e. The van der Waals surface area contributed by atoms with Gasteiger partial charge in [-0.15, -0.1) is 0 Å². The second kappa shape index (κ2) is 9.64. The Kier molecular flexibility index (Phi) is 6.48. The van der Waals surface area contributed by atoms with E-state index in [2.05, 4.69) is 20.1 Å². The molecule has 200 valence electrons. The first kappa shape index (κ1) is 25.5. The Morgan fingerprint density at radius 1 is 1.00 bits per heavy atom. The number of anilines is 2. The van der Waals surface area contributed by atoms with E-state index < -0.39 is 35.5 Å². The molecule has 0 bridgehead atoms. The van der Waals surface area contributed by atoms with Crippen molar-refractivity contribution < 1.29 is 31.8 Å². The molecule has 15 heteroatoms. The number of alkyl halides is 2. The van der Waals surface area contributed by atoms with Crippen molar-refractivity contribution in [2.75, 3.05) is 23.7 Å². The van der Waals surface area contributed by atoms with Gasteiger partial charge >= 0.3 is 0 Å². The number of piperidine rings is 1. The summed E-state index contributed by atoms with van der Waals surface area (Å²) in [4.78, 5) is 13.7. The Hall–Kier alpha value is -4.11. The number of nitrogens with two attached hydrogens (primary N) is 2. The number of halogens is 5. The summed E-state index contributed by atoms with van der Waals surface area (Å²) in [7, 11) is 0. The van der Waals surface area contributed by atoms with Gasteiger partial charge in [0.25, 0.3) is 6.43 Å². The van der Waals surface area contributed by atoms with Gasteiger partial charge in [0.2, 0.25) is 11.6 Å². The van der Waals surface area contributed by atoms with Crippen LogP contribution in [0.4, 0.5) is 33.6 Å². The summed E-state index contributed by atoms with van der Waals surface area (Å²) < 4.78 is 75.9. The zero-order valence-corrected chi connectivity index (χ0v) is 19.5. The number of ether oxygens (including phenoxy) is 1. The topological polar surface area (TPSA) is 141 Å². The Bertz CT molecular complexity index is 1500. The fourth-order valence-corrected chi connectivity index (χ4v) is 4.43. The largest absolute Gasteiger partial charge is 0.449 e. The first-order valence-corrected chi connectivity index (χ1v) is 11.3. The van der Waals surface area contributed by atoms with Crippen molar-refractivity contribution >= 4 is 17.3 Å². The van der Waals surface area contributed by atoms with Crippen LogP contribution in [0.3, 0.4) is 0 Å². The summed E-state index contributed by atoms with van der Waals surface area (Å²) in [6.45, 7) is 0.162. The summed E-state index contributed by atoms with van der Waals surface area (Å²) in [5.41, 5.74) is 10.3. The van der Waals surface area contributed by atoms with Crippen LogP contribution in [-0.2, 0) is 0 Å². The second-order valence-electron chi connectivity index (χ2n) is 8.90. The third-order valence-corrected chi connectivity index (χ3v) is 6.37. The molecule has 1 saturated heterocycles. The Balaban J connectivity index is 1.60. The van der Waals surface area contributed by atoms with Crippen LogP contribution in [0.15, 0.2) is 36.9 Å². The molecule has 0 amide bonds. The van der Waals surface area contributed by atoms with Crippen molar-refractivity contribution in [3.05, 3.63) is 54.4 Å². The van der Waals surface area contributed by atoms with E-state index >= 15 is 0 Å². The first-order valence-electron chi connectivity index (χ1n) is 11.3. The molecule has 1 aliphatic heterocycles. The monoisotopic (exact) mass is 536 g/mol. The second-order valence-corrected chi connectivity index (χ2v) is 8.90. The highest BCUT2D eigenvalue weighted by molar-refractivity contribution is 5.69. The lowest BCUT2D eigenvalue weighted by Crippen LogP contribution is -2.63. The molecule has 0 unspecified atom stereocenters. The normalized spacial score (nSPS) is 18.8. The number of hydrogen-bond donors (Lipinski definition) is 3. The zero-order valence-electron chi connectivity index (χ0n) is 19.5. The number of aliphatic hydroxyl groups excluding tert-OH is 1. The van der Waals surface area contributed by atoms with Gasteiger partial charge in [-0.1, -0.05) is 0 Å². The summed E-state index contributed by atoms with van der Waals surface area (Å²) in [5.74, 6) is -3.56. The molecular formula is C23H21F5N8O2. The lowest BCUT2D eigenvalue weighted by molar-refractivity contribution is -0.0529. The van der Waals surface area contributed by atoms with Crippen molar-refractivity contribution in [2.45, 2.75) is 30.9 Å². The summed E-state index contributed by atoms with van der Waals surface area (Å²) in [6, 6.07) is 2.32. The highest BCUT2D eigenvalue weighted by atomic mass is 19.3. The zero-order chi connectivity index (χ0) is 27.2. The number of pyridine rings is 1. The molecule has 0 aliphatic carbocycles. The highest BCUT2D eigenvalue weighted by Crippen LogP contribution is 2.39. The molecule has 3 aromatic heterocycles. The molecule has 4 aromatic rings. The Morgan fingerprint density at radius 2 is 1.76 bits per heavy atom. The van der Waals surface area contributed by atoms with E-state index in [0.29, 0.717) is 25.1 Å². The maximum Gasteiger partial charge on any atom is 0.265 e. The predicted octanol–water partition coefficient (Wildman–Crippen LogP) is 2.90. The van der Waals surface area contributed by atoms with Crippen LogP contribution in [0.1, 0.15) is 12.8 Å². The Morgan fingerprint density at radius 3 is 2.53 bits per heavy atom. The standard InChI is InChI=1S/C23H21F5N8O2/c24-12-5-14(26)13(25)4-11(12)15-6-17(38-18-8-34-36-21(18)32-10-33-22(36)29)16(7-31-15)35-3-1-2-23(30,9-35)19(37)20(27)28/h4-8,10,19-20,37H,1-3,9,30H2,(H2,29,32,33)/t19-,23-/m1/s1. The summed E-state index contributed by atoms with van der Waals surface area (Å²) in [5, 5.41) is 14.1. The third kappa shape index (κ3) is 4.54. The maximum atomic E-state index is 14.5. The summed E-state index contributed by atoms with van der Waals surface area (Å²) in [6.07, 6.45) is -0.893. The number of hydrogen-bond acceptors (Lipinski definition) is 9. The number of aromatic nitrogens is 5. The molecule has 10 nitrogen and oxygen atoms in total. The first-order chi connectivity index (χ1) is 18.1. The fourth-order valence-electron chi connectivity index (χ4n) is 4.43.